The molecule has 0 spiro atoms. The molecule has 4 aromatic rings. The molecule has 7 heteroatoms. The van der Waals surface area contributed by atoms with Crippen LogP contribution in [0, 0.1) is 0 Å². The van der Waals surface area contributed by atoms with E-state index in [4.69, 9.17) is 10.8 Å². The summed E-state index contributed by atoms with van der Waals surface area (Å²) in [6.45, 7) is 4.14. The van der Waals surface area contributed by atoms with Gasteiger partial charge in [0.25, 0.3) is 0 Å². The second-order valence-corrected chi connectivity index (χ2v) is 5.61. The third-order valence-corrected chi connectivity index (χ3v) is 3.79. The van der Waals surface area contributed by atoms with E-state index >= 15 is 0 Å². The van der Waals surface area contributed by atoms with Crippen molar-refractivity contribution in [2.75, 3.05) is 5.73 Å². The molecule has 6 nitrogen and oxygen atoms in total. The highest BCUT2D eigenvalue weighted by molar-refractivity contribution is 5.99. The van der Waals surface area contributed by atoms with E-state index in [1.165, 1.54) is 6.33 Å². The molecule has 118 valence electrons. The van der Waals surface area contributed by atoms with Gasteiger partial charge >= 0.3 is 0 Å². The first-order valence-electron chi connectivity index (χ1n) is 7.22. The molecular formula is C16H17ClN6. The summed E-state index contributed by atoms with van der Waals surface area (Å²) in [4.78, 5) is 11.9. The highest BCUT2D eigenvalue weighted by Gasteiger charge is 2.19. The van der Waals surface area contributed by atoms with Gasteiger partial charge in [-0.05, 0) is 26.0 Å². The van der Waals surface area contributed by atoms with Crippen molar-refractivity contribution in [2.45, 2.75) is 19.9 Å². The second-order valence-electron chi connectivity index (χ2n) is 5.61. The molecule has 0 aliphatic heterocycles. The first-order chi connectivity index (χ1) is 10.6. The lowest BCUT2D eigenvalue weighted by Crippen LogP contribution is -2.04. The fourth-order valence-corrected chi connectivity index (χ4v) is 2.74. The molecule has 4 rings (SSSR count). The van der Waals surface area contributed by atoms with Crippen molar-refractivity contribution >= 4 is 40.2 Å². The van der Waals surface area contributed by atoms with Crippen LogP contribution >= 0.6 is 12.4 Å². The van der Waals surface area contributed by atoms with Gasteiger partial charge in [-0.25, -0.2) is 14.6 Å². The van der Waals surface area contributed by atoms with Crippen molar-refractivity contribution in [3.63, 3.8) is 0 Å². The number of hydrogen-bond acceptors (Lipinski definition) is 4. The maximum atomic E-state index is 6.08. The number of anilines is 1. The topological polar surface area (TPSA) is 85.4 Å². The average Bonchev–Trinajstić information content (AvgIpc) is 3.08. The number of hydrogen-bond donors (Lipinski definition) is 2. The van der Waals surface area contributed by atoms with Crippen molar-refractivity contribution in [3.8, 4) is 11.4 Å². The summed E-state index contributed by atoms with van der Waals surface area (Å²) in [7, 11) is 0. The molecule has 0 saturated heterocycles. The Morgan fingerprint density at radius 3 is 2.70 bits per heavy atom. The second kappa shape index (κ2) is 5.55. The van der Waals surface area contributed by atoms with E-state index in [1.807, 2.05) is 22.9 Å². The van der Waals surface area contributed by atoms with Gasteiger partial charge in [-0.15, -0.1) is 12.4 Å². The van der Waals surface area contributed by atoms with Gasteiger partial charge in [0.1, 0.15) is 17.8 Å². The minimum absolute atomic E-state index is 0. The maximum absolute atomic E-state index is 6.08. The molecule has 0 amide bonds. The predicted octanol–water partition coefficient (Wildman–Crippen LogP) is 3.56. The molecule has 0 saturated carbocycles. The number of halogens is 1. The summed E-state index contributed by atoms with van der Waals surface area (Å²) < 4.78 is 1.88. The summed E-state index contributed by atoms with van der Waals surface area (Å²) in [5.41, 5.74) is 9.63. The van der Waals surface area contributed by atoms with Crippen molar-refractivity contribution in [1.82, 2.24) is 24.7 Å². The third-order valence-electron chi connectivity index (χ3n) is 3.79. The van der Waals surface area contributed by atoms with Gasteiger partial charge in [0.05, 0.1) is 11.1 Å². The van der Waals surface area contributed by atoms with E-state index in [0.29, 0.717) is 5.82 Å². The Morgan fingerprint density at radius 1 is 1.17 bits per heavy atom. The van der Waals surface area contributed by atoms with E-state index in [9.17, 15) is 0 Å². The minimum Gasteiger partial charge on any atom is -0.383 e. The molecule has 0 unspecified atom stereocenters. The number of nitrogens with one attached hydrogen (secondary N) is 1. The summed E-state index contributed by atoms with van der Waals surface area (Å²) in [6.07, 6.45) is 1.48. The largest absolute Gasteiger partial charge is 0.383 e. The molecule has 0 atom stereocenters. The van der Waals surface area contributed by atoms with Crippen LogP contribution in [0.2, 0.25) is 0 Å². The Morgan fingerprint density at radius 2 is 1.96 bits per heavy atom. The number of benzene rings is 1. The van der Waals surface area contributed by atoms with Crippen LogP contribution in [0.25, 0.3) is 33.3 Å². The van der Waals surface area contributed by atoms with Gasteiger partial charge in [-0.1, -0.05) is 18.2 Å². The minimum atomic E-state index is 0. The Hall–Kier alpha value is -2.60. The molecule has 0 bridgehead atoms. The van der Waals surface area contributed by atoms with Gasteiger partial charge < -0.3 is 10.7 Å². The first kappa shape index (κ1) is 15.3. The SMILES string of the molecule is CC(C)n1nc(-c2cc3ccccc3[nH]2)c2c(N)ncnc21.Cl. The zero-order chi connectivity index (χ0) is 15.3. The first-order valence-corrected chi connectivity index (χ1v) is 7.22. The van der Waals surface area contributed by atoms with Crippen LogP contribution in [0.1, 0.15) is 19.9 Å². The highest BCUT2D eigenvalue weighted by atomic mass is 35.5. The number of nitrogens with two attached hydrogens (primary N) is 1. The fraction of sp³-hybridized carbons (Fsp3) is 0.188. The van der Waals surface area contributed by atoms with Crippen LogP contribution in [-0.2, 0) is 0 Å². The van der Waals surface area contributed by atoms with E-state index in [-0.39, 0.29) is 18.4 Å². The number of nitrogen functional groups attached to an aromatic ring is 1. The summed E-state index contributed by atoms with van der Waals surface area (Å²) in [6, 6.07) is 10.4. The van der Waals surface area contributed by atoms with Crippen LogP contribution in [0.4, 0.5) is 5.82 Å². The number of aromatic nitrogens is 5. The molecule has 0 radical (unpaired) electrons. The average molecular weight is 329 g/mol. The standard InChI is InChI=1S/C16H16N6.ClH/c1-9(2)22-16-13(15(17)18-8-19-16)14(21-22)12-7-10-5-3-4-6-11(10)20-12;/h3-9,20H,1-2H3,(H2,17,18,19);1H. The Balaban J connectivity index is 0.00000156. The number of aromatic amines is 1. The normalized spacial score (nSPS) is 11.3. The lowest BCUT2D eigenvalue weighted by Gasteiger charge is -2.05. The Bertz CT molecular complexity index is 952. The lowest BCUT2D eigenvalue weighted by molar-refractivity contribution is 0.547. The van der Waals surface area contributed by atoms with E-state index in [0.717, 1.165) is 33.3 Å². The van der Waals surface area contributed by atoms with Crippen LogP contribution < -0.4 is 5.73 Å². The molecule has 1 aromatic carbocycles. The maximum Gasteiger partial charge on any atom is 0.164 e. The van der Waals surface area contributed by atoms with Gasteiger partial charge in [0.15, 0.2) is 5.65 Å². The van der Waals surface area contributed by atoms with Crippen molar-refractivity contribution < 1.29 is 0 Å². The third kappa shape index (κ3) is 2.31. The Kier molecular flexibility index (Phi) is 3.69. The predicted molar refractivity (Wildman–Crippen MR) is 94.7 cm³/mol. The number of para-hydroxylation sites is 1. The Labute approximate surface area is 139 Å². The molecule has 3 heterocycles. The summed E-state index contributed by atoms with van der Waals surface area (Å²) in [5, 5.41) is 6.65. The lowest BCUT2D eigenvalue weighted by atomic mass is 10.2. The van der Waals surface area contributed by atoms with Crippen molar-refractivity contribution in [2.24, 2.45) is 0 Å². The van der Waals surface area contributed by atoms with E-state index in [1.54, 1.807) is 0 Å². The molecule has 0 aliphatic rings. The molecular weight excluding hydrogens is 312 g/mol. The van der Waals surface area contributed by atoms with E-state index < -0.39 is 0 Å². The van der Waals surface area contributed by atoms with Crippen LogP contribution in [-0.4, -0.2) is 24.7 Å². The number of fused-ring (bicyclic) bond motifs is 2. The molecule has 0 aliphatic carbocycles. The van der Waals surface area contributed by atoms with Crippen LogP contribution in [0.15, 0.2) is 36.7 Å². The van der Waals surface area contributed by atoms with Gasteiger partial charge in [0, 0.05) is 16.9 Å². The summed E-state index contributed by atoms with van der Waals surface area (Å²) >= 11 is 0. The smallest absolute Gasteiger partial charge is 0.164 e. The van der Waals surface area contributed by atoms with Crippen LogP contribution in [0.3, 0.4) is 0 Å². The fourth-order valence-electron chi connectivity index (χ4n) is 2.74. The van der Waals surface area contributed by atoms with E-state index in [2.05, 4.69) is 40.9 Å². The van der Waals surface area contributed by atoms with Gasteiger partial charge in [0.2, 0.25) is 0 Å². The molecule has 0 fully saturated rings. The summed E-state index contributed by atoms with van der Waals surface area (Å²) in [5.74, 6) is 0.450. The zero-order valence-electron chi connectivity index (χ0n) is 12.8. The van der Waals surface area contributed by atoms with Crippen LogP contribution in [0.5, 0.6) is 0 Å². The number of rotatable bonds is 2. The van der Waals surface area contributed by atoms with Gasteiger partial charge in [-0.3, -0.25) is 0 Å². The molecule has 23 heavy (non-hydrogen) atoms. The quantitative estimate of drug-likeness (QED) is 0.589. The van der Waals surface area contributed by atoms with Crippen molar-refractivity contribution in [3.05, 3.63) is 36.7 Å². The number of H-pyrrole nitrogens is 1. The molecule has 3 aromatic heterocycles. The van der Waals surface area contributed by atoms with Crippen molar-refractivity contribution in [1.29, 1.82) is 0 Å². The number of nitrogens with zero attached hydrogens (tertiary/aromatic N) is 4. The molecule has 3 N–H and O–H groups in total. The van der Waals surface area contributed by atoms with Gasteiger partial charge in [-0.2, -0.15) is 5.10 Å². The monoisotopic (exact) mass is 328 g/mol. The zero-order valence-corrected chi connectivity index (χ0v) is 13.6. The highest BCUT2D eigenvalue weighted by Crippen LogP contribution is 2.32.